The van der Waals surface area contributed by atoms with E-state index in [0.29, 0.717) is 17.8 Å². The van der Waals surface area contributed by atoms with Gasteiger partial charge < -0.3 is 0 Å². The smallest absolute Gasteiger partial charge is 0.232 e. The van der Waals surface area contributed by atoms with Crippen molar-refractivity contribution in [3.8, 4) is 6.07 Å². The van der Waals surface area contributed by atoms with E-state index >= 15 is 0 Å². The molecule has 0 radical (unpaired) electrons. The van der Waals surface area contributed by atoms with Crippen LogP contribution in [0, 0.1) is 18.3 Å². The number of aryl methyl sites for hydroxylation is 1. The lowest BCUT2D eigenvalue weighted by molar-refractivity contribution is -0.117. The number of amides is 1. The lowest BCUT2D eigenvalue weighted by Crippen LogP contribution is -2.28. The Morgan fingerprint density at radius 1 is 1.35 bits per heavy atom. The molecule has 0 bridgehead atoms. The average molecular weight is 265 g/mol. The van der Waals surface area contributed by atoms with E-state index in [-0.39, 0.29) is 5.91 Å². The van der Waals surface area contributed by atoms with E-state index in [4.69, 9.17) is 5.26 Å². The number of rotatable bonds is 3. The van der Waals surface area contributed by atoms with Crippen LogP contribution in [0.1, 0.15) is 16.7 Å². The fourth-order valence-electron chi connectivity index (χ4n) is 1.89. The predicted molar refractivity (Wildman–Crippen MR) is 77.2 cm³/mol. The first-order valence-electron chi connectivity index (χ1n) is 6.28. The molecule has 2 rings (SSSR count). The van der Waals surface area contributed by atoms with Gasteiger partial charge in [-0.25, -0.2) is 4.98 Å². The third-order valence-corrected chi connectivity index (χ3v) is 3.03. The van der Waals surface area contributed by atoms with Gasteiger partial charge in [-0.15, -0.1) is 0 Å². The van der Waals surface area contributed by atoms with Gasteiger partial charge in [-0.1, -0.05) is 29.8 Å². The van der Waals surface area contributed by atoms with E-state index in [1.54, 1.807) is 19.2 Å². The van der Waals surface area contributed by atoms with Crippen molar-refractivity contribution in [2.24, 2.45) is 0 Å². The molecule has 0 fully saturated rings. The summed E-state index contributed by atoms with van der Waals surface area (Å²) in [6.45, 7) is 2.00. The number of hydrogen-bond acceptors (Lipinski definition) is 3. The molecule has 0 aliphatic heterocycles. The second-order valence-corrected chi connectivity index (χ2v) is 4.64. The number of pyridine rings is 1. The van der Waals surface area contributed by atoms with Crippen molar-refractivity contribution in [1.82, 2.24) is 4.98 Å². The lowest BCUT2D eigenvalue weighted by atomic mass is 10.1. The molecule has 0 atom stereocenters. The van der Waals surface area contributed by atoms with Crippen LogP contribution >= 0.6 is 0 Å². The maximum Gasteiger partial charge on any atom is 0.232 e. The first kappa shape index (κ1) is 13.8. The molecule has 20 heavy (non-hydrogen) atoms. The fourth-order valence-corrected chi connectivity index (χ4v) is 1.89. The summed E-state index contributed by atoms with van der Waals surface area (Å²) in [6.07, 6.45) is 1.80. The molecule has 0 spiro atoms. The van der Waals surface area contributed by atoms with Gasteiger partial charge in [0.05, 0.1) is 12.0 Å². The molecule has 0 saturated carbocycles. The summed E-state index contributed by atoms with van der Waals surface area (Å²) in [5, 5.41) is 8.73. The quantitative estimate of drug-likeness (QED) is 0.856. The van der Waals surface area contributed by atoms with Crippen molar-refractivity contribution in [2.45, 2.75) is 13.3 Å². The molecule has 0 aliphatic rings. The van der Waals surface area contributed by atoms with E-state index in [0.717, 1.165) is 11.1 Å². The molecular weight excluding hydrogens is 250 g/mol. The number of aromatic nitrogens is 1. The number of benzene rings is 1. The van der Waals surface area contributed by atoms with Crippen molar-refractivity contribution in [2.75, 3.05) is 11.9 Å². The number of hydrogen-bond donors (Lipinski definition) is 0. The minimum absolute atomic E-state index is 0.0344. The molecule has 100 valence electrons. The standard InChI is InChI=1S/C16H15N3O/c1-12-4-3-5-13(8-12)9-16(20)19(2)15-7-6-14(10-17)11-18-15/h3-8,11H,9H2,1-2H3. The zero-order chi connectivity index (χ0) is 14.5. The highest BCUT2D eigenvalue weighted by molar-refractivity contribution is 5.93. The van der Waals surface area contributed by atoms with Crippen LogP contribution in [0.15, 0.2) is 42.6 Å². The molecule has 4 heteroatoms. The van der Waals surface area contributed by atoms with Crippen LogP contribution in [0.4, 0.5) is 5.82 Å². The van der Waals surface area contributed by atoms with Crippen LogP contribution in [0.25, 0.3) is 0 Å². The van der Waals surface area contributed by atoms with Crippen LogP contribution in [-0.4, -0.2) is 17.9 Å². The van der Waals surface area contributed by atoms with Gasteiger partial charge in [0.25, 0.3) is 0 Å². The van der Waals surface area contributed by atoms with Gasteiger partial charge in [0.2, 0.25) is 5.91 Å². The van der Waals surface area contributed by atoms with Gasteiger partial charge in [-0.2, -0.15) is 5.26 Å². The Morgan fingerprint density at radius 3 is 2.75 bits per heavy atom. The number of carbonyl (C=O) groups is 1. The Morgan fingerprint density at radius 2 is 2.15 bits per heavy atom. The number of nitrogens with zero attached hydrogens (tertiary/aromatic N) is 3. The minimum Gasteiger partial charge on any atom is -0.300 e. The zero-order valence-electron chi connectivity index (χ0n) is 11.5. The van der Waals surface area contributed by atoms with Crippen LogP contribution in [0.2, 0.25) is 0 Å². The first-order valence-corrected chi connectivity index (χ1v) is 6.28. The molecule has 0 N–H and O–H groups in total. The number of nitriles is 1. The topological polar surface area (TPSA) is 57.0 Å². The molecule has 1 aromatic carbocycles. The predicted octanol–water partition coefficient (Wildman–Crippen LogP) is 2.47. The van der Waals surface area contributed by atoms with E-state index in [2.05, 4.69) is 4.98 Å². The maximum absolute atomic E-state index is 12.2. The number of anilines is 1. The average Bonchev–Trinajstić information content (AvgIpc) is 2.46. The second kappa shape index (κ2) is 5.98. The van der Waals surface area contributed by atoms with Crippen molar-refractivity contribution in [3.05, 3.63) is 59.3 Å². The Hall–Kier alpha value is -2.67. The van der Waals surface area contributed by atoms with Crippen LogP contribution < -0.4 is 4.90 Å². The monoisotopic (exact) mass is 265 g/mol. The molecule has 1 heterocycles. The molecule has 0 unspecified atom stereocenters. The summed E-state index contributed by atoms with van der Waals surface area (Å²) in [5.74, 6) is 0.509. The summed E-state index contributed by atoms with van der Waals surface area (Å²) >= 11 is 0. The van der Waals surface area contributed by atoms with Crippen LogP contribution in [0.3, 0.4) is 0 Å². The highest BCUT2D eigenvalue weighted by atomic mass is 16.2. The fraction of sp³-hybridized carbons (Fsp3) is 0.188. The SMILES string of the molecule is Cc1cccc(CC(=O)N(C)c2ccc(C#N)cn2)c1. The zero-order valence-corrected chi connectivity index (χ0v) is 11.5. The molecule has 1 aromatic heterocycles. The van der Waals surface area contributed by atoms with Gasteiger partial charge in [-0.3, -0.25) is 9.69 Å². The Labute approximate surface area is 118 Å². The van der Waals surface area contributed by atoms with Gasteiger partial charge in [0, 0.05) is 13.2 Å². The summed E-state index contributed by atoms with van der Waals surface area (Å²) < 4.78 is 0. The lowest BCUT2D eigenvalue weighted by Gasteiger charge is -2.16. The van der Waals surface area contributed by atoms with Crippen LogP contribution in [-0.2, 0) is 11.2 Å². The third-order valence-electron chi connectivity index (χ3n) is 3.03. The van der Waals surface area contributed by atoms with Gasteiger partial charge in [-0.05, 0) is 24.6 Å². The Kier molecular flexibility index (Phi) is 4.11. The van der Waals surface area contributed by atoms with E-state index in [1.165, 1.54) is 11.1 Å². The Bertz CT molecular complexity index is 656. The van der Waals surface area contributed by atoms with Crippen LogP contribution in [0.5, 0.6) is 0 Å². The number of carbonyl (C=O) groups excluding carboxylic acids is 1. The molecule has 0 saturated heterocycles. The van der Waals surface area contributed by atoms with E-state index < -0.39 is 0 Å². The van der Waals surface area contributed by atoms with E-state index in [1.807, 2.05) is 37.3 Å². The summed E-state index contributed by atoms with van der Waals surface area (Å²) in [4.78, 5) is 17.8. The molecule has 2 aromatic rings. The van der Waals surface area contributed by atoms with E-state index in [9.17, 15) is 4.79 Å². The van der Waals surface area contributed by atoms with Gasteiger partial charge in [0.15, 0.2) is 0 Å². The molecular formula is C16H15N3O. The van der Waals surface area contributed by atoms with Crippen molar-refractivity contribution in [1.29, 1.82) is 5.26 Å². The molecule has 0 aliphatic carbocycles. The highest BCUT2D eigenvalue weighted by Gasteiger charge is 2.12. The largest absolute Gasteiger partial charge is 0.300 e. The van der Waals surface area contributed by atoms with Crippen molar-refractivity contribution >= 4 is 11.7 Å². The summed E-state index contributed by atoms with van der Waals surface area (Å²) in [6, 6.07) is 13.2. The Balaban J connectivity index is 2.10. The normalized spacial score (nSPS) is 9.85. The maximum atomic E-state index is 12.2. The highest BCUT2D eigenvalue weighted by Crippen LogP contribution is 2.12. The third kappa shape index (κ3) is 3.21. The molecule has 1 amide bonds. The summed E-state index contributed by atoms with van der Waals surface area (Å²) in [7, 11) is 1.69. The first-order chi connectivity index (χ1) is 9.60. The van der Waals surface area contributed by atoms with Crippen molar-refractivity contribution < 1.29 is 4.79 Å². The molecule has 4 nitrogen and oxygen atoms in total. The van der Waals surface area contributed by atoms with Gasteiger partial charge in [0.1, 0.15) is 11.9 Å². The number of likely N-dealkylation sites (N-methyl/N-ethyl adjacent to an activating group) is 1. The minimum atomic E-state index is -0.0344. The van der Waals surface area contributed by atoms with Crippen molar-refractivity contribution in [3.63, 3.8) is 0 Å². The summed E-state index contributed by atoms with van der Waals surface area (Å²) in [5.41, 5.74) is 2.60. The second-order valence-electron chi connectivity index (χ2n) is 4.64. The van der Waals surface area contributed by atoms with Gasteiger partial charge >= 0.3 is 0 Å².